The maximum atomic E-state index is 12.1. The molecule has 0 atom stereocenters. The number of hydrogen-bond acceptors (Lipinski definition) is 4. The highest BCUT2D eigenvalue weighted by atomic mass is 16.6. The summed E-state index contributed by atoms with van der Waals surface area (Å²) in [6.45, 7) is 5.07. The number of anilines is 1. The van der Waals surface area contributed by atoms with Gasteiger partial charge in [0.15, 0.2) is 0 Å². The highest BCUT2D eigenvalue weighted by Gasteiger charge is 2.22. The molecule has 0 aromatic heterocycles. The third-order valence-electron chi connectivity index (χ3n) is 2.77. The average Bonchev–Trinajstić information content (AvgIpc) is 2.43. The minimum atomic E-state index is -0.622. The van der Waals surface area contributed by atoms with Gasteiger partial charge in [0, 0.05) is 25.2 Å². The number of nitrogens with zero attached hydrogens (tertiary/aromatic N) is 1. The van der Waals surface area contributed by atoms with Gasteiger partial charge in [-0.05, 0) is 32.9 Å². The van der Waals surface area contributed by atoms with E-state index in [2.05, 4.69) is 5.32 Å². The summed E-state index contributed by atoms with van der Waals surface area (Å²) in [5, 5.41) is 11.9. The zero-order valence-corrected chi connectivity index (χ0v) is 13.1. The number of amides is 2. The van der Waals surface area contributed by atoms with Gasteiger partial charge in [-0.25, -0.2) is 4.79 Å². The fraction of sp³-hybridized carbons (Fsp3) is 0.467. The highest BCUT2D eigenvalue weighted by molar-refractivity contribution is 5.97. The lowest BCUT2D eigenvalue weighted by Crippen LogP contribution is -2.34. The van der Waals surface area contributed by atoms with Crippen LogP contribution in [0.1, 0.15) is 36.7 Å². The molecule has 2 N–H and O–H groups in total. The molecule has 0 aliphatic carbocycles. The SMILES string of the molecule is CNC(=O)c1ccc(CO)c(N(C)C(=O)OC(C)(C)C)c1. The second-order valence-electron chi connectivity index (χ2n) is 5.62. The first-order valence-corrected chi connectivity index (χ1v) is 6.62. The Labute approximate surface area is 124 Å². The molecule has 0 saturated carbocycles. The summed E-state index contributed by atoms with van der Waals surface area (Å²) in [5.41, 5.74) is 0.757. The molecule has 0 radical (unpaired) electrons. The molecule has 1 aromatic rings. The lowest BCUT2D eigenvalue weighted by molar-refractivity contribution is 0.0588. The van der Waals surface area contributed by atoms with Crippen molar-refractivity contribution in [3.8, 4) is 0 Å². The van der Waals surface area contributed by atoms with Gasteiger partial charge < -0.3 is 15.2 Å². The summed E-state index contributed by atoms with van der Waals surface area (Å²) in [4.78, 5) is 25.1. The molecule has 6 nitrogen and oxygen atoms in total. The maximum absolute atomic E-state index is 12.1. The molecule has 0 aliphatic heterocycles. The Balaban J connectivity index is 3.14. The van der Waals surface area contributed by atoms with Gasteiger partial charge in [-0.3, -0.25) is 9.69 Å². The predicted octanol–water partition coefficient (Wildman–Crippen LogP) is 1.91. The number of aliphatic hydroxyl groups is 1. The van der Waals surface area contributed by atoms with E-state index in [0.717, 1.165) is 0 Å². The molecule has 0 unspecified atom stereocenters. The fourth-order valence-corrected chi connectivity index (χ4v) is 1.72. The molecule has 0 aliphatic rings. The van der Waals surface area contributed by atoms with Crippen molar-refractivity contribution >= 4 is 17.7 Å². The van der Waals surface area contributed by atoms with Crippen molar-refractivity contribution in [3.63, 3.8) is 0 Å². The Morgan fingerprint density at radius 1 is 1.33 bits per heavy atom. The van der Waals surface area contributed by atoms with E-state index in [1.807, 2.05) is 0 Å². The van der Waals surface area contributed by atoms with Crippen molar-refractivity contribution in [2.24, 2.45) is 0 Å². The van der Waals surface area contributed by atoms with Crippen LogP contribution in [0.3, 0.4) is 0 Å². The topological polar surface area (TPSA) is 78.9 Å². The van der Waals surface area contributed by atoms with Crippen LogP contribution in [-0.4, -0.2) is 36.8 Å². The van der Waals surface area contributed by atoms with Crippen LogP contribution in [0.2, 0.25) is 0 Å². The number of nitrogens with one attached hydrogen (secondary N) is 1. The van der Waals surface area contributed by atoms with Crippen molar-refractivity contribution in [1.82, 2.24) is 5.32 Å². The van der Waals surface area contributed by atoms with E-state index < -0.39 is 11.7 Å². The van der Waals surface area contributed by atoms with Crippen molar-refractivity contribution in [1.29, 1.82) is 0 Å². The average molecular weight is 294 g/mol. The summed E-state index contributed by atoms with van der Waals surface area (Å²) in [6.07, 6.45) is -0.550. The smallest absolute Gasteiger partial charge is 0.414 e. The van der Waals surface area contributed by atoms with Gasteiger partial charge >= 0.3 is 6.09 Å². The first-order chi connectivity index (χ1) is 9.69. The van der Waals surface area contributed by atoms with E-state index in [1.165, 1.54) is 19.0 Å². The molecule has 1 aromatic carbocycles. The molecule has 2 amide bonds. The molecule has 21 heavy (non-hydrogen) atoms. The summed E-state index contributed by atoms with van der Waals surface area (Å²) in [7, 11) is 3.07. The Kier molecular flexibility index (Phi) is 5.32. The summed E-state index contributed by atoms with van der Waals surface area (Å²) < 4.78 is 5.28. The molecule has 6 heteroatoms. The zero-order chi connectivity index (χ0) is 16.2. The van der Waals surface area contributed by atoms with Crippen LogP contribution in [0.4, 0.5) is 10.5 Å². The first-order valence-electron chi connectivity index (χ1n) is 6.62. The monoisotopic (exact) mass is 294 g/mol. The predicted molar refractivity (Wildman–Crippen MR) is 80.4 cm³/mol. The third kappa shape index (κ3) is 4.46. The number of carbonyl (C=O) groups excluding carboxylic acids is 2. The molecule has 116 valence electrons. The molecule has 0 heterocycles. The van der Waals surface area contributed by atoms with E-state index in [0.29, 0.717) is 16.8 Å². The van der Waals surface area contributed by atoms with Crippen molar-refractivity contribution < 1.29 is 19.4 Å². The minimum Gasteiger partial charge on any atom is -0.443 e. The Morgan fingerprint density at radius 2 is 1.95 bits per heavy atom. The van der Waals surface area contributed by atoms with E-state index >= 15 is 0 Å². The van der Waals surface area contributed by atoms with Crippen molar-refractivity contribution in [3.05, 3.63) is 29.3 Å². The molecule has 0 bridgehead atoms. The molecular formula is C15H22N2O4. The van der Waals surface area contributed by atoms with Gasteiger partial charge in [-0.1, -0.05) is 6.07 Å². The van der Waals surface area contributed by atoms with E-state index in [4.69, 9.17) is 4.74 Å². The summed E-state index contributed by atoms with van der Waals surface area (Å²) >= 11 is 0. The molecular weight excluding hydrogens is 272 g/mol. The quantitative estimate of drug-likeness (QED) is 0.892. The van der Waals surface area contributed by atoms with Crippen LogP contribution in [0.15, 0.2) is 18.2 Å². The zero-order valence-electron chi connectivity index (χ0n) is 13.1. The Bertz CT molecular complexity index is 535. The largest absolute Gasteiger partial charge is 0.443 e. The maximum Gasteiger partial charge on any atom is 0.414 e. The van der Waals surface area contributed by atoms with Gasteiger partial charge in [-0.15, -0.1) is 0 Å². The third-order valence-corrected chi connectivity index (χ3v) is 2.77. The molecule has 0 spiro atoms. The second kappa shape index (κ2) is 6.58. The van der Waals surface area contributed by atoms with Gasteiger partial charge in [0.1, 0.15) is 5.60 Å². The van der Waals surface area contributed by atoms with Crippen LogP contribution < -0.4 is 10.2 Å². The standard InChI is InChI=1S/C15H22N2O4/c1-15(2,3)21-14(20)17(5)12-8-10(13(19)16-4)6-7-11(12)9-18/h6-8,18H,9H2,1-5H3,(H,16,19). The minimum absolute atomic E-state index is 0.240. The lowest BCUT2D eigenvalue weighted by Gasteiger charge is -2.26. The van der Waals surface area contributed by atoms with E-state index in [1.54, 1.807) is 39.0 Å². The van der Waals surface area contributed by atoms with E-state index in [-0.39, 0.29) is 12.5 Å². The molecule has 1 rings (SSSR count). The fourth-order valence-electron chi connectivity index (χ4n) is 1.72. The van der Waals surface area contributed by atoms with Crippen molar-refractivity contribution in [2.45, 2.75) is 33.0 Å². The Morgan fingerprint density at radius 3 is 2.43 bits per heavy atom. The van der Waals surface area contributed by atoms with Crippen LogP contribution in [0.5, 0.6) is 0 Å². The van der Waals surface area contributed by atoms with Gasteiger partial charge in [0.05, 0.1) is 12.3 Å². The van der Waals surface area contributed by atoms with Crippen LogP contribution in [-0.2, 0) is 11.3 Å². The lowest BCUT2D eigenvalue weighted by atomic mass is 10.1. The number of benzene rings is 1. The normalized spacial score (nSPS) is 11.0. The van der Waals surface area contributed by atoms with E-state index in [9.17, 15) is 14.7 Å². The highest BCUT2D eigenvalue weighted by Crippen LogP contribution is 2.23. The number of aliphatic hydroxyl groups excluding tert-OH is 1. The van der Waals surface area contributed by atoms with Crippen molar-refractivity contribution in [2.75, 3.05) is 19.0 Å². The summed E-state index contributed by atoms with van der Waals surface area (Å²) in [5.74, 6) is -0.265. The van der Waals surface area contributed by atoms with Crippen LogP contribution in [0.25, 0.3) is 0 Å². The first kappa shape index (κ1) is 17.0. The number of rotatable bonds is 3. The number of hydrogen-bond donors (Lipinski definition) is 2. The number of carbonyl (C=O) groups is 2. The van der Waals surface area contributed by atoms with Gasteiger partial charge in [0.2, 0.25) is 0 Å². The second-order valence-corrected chi connectivity index (χ2v) is 5.62. The summed E-state index contributed by atoms with van der Waals surface area (Å²) in [6, 6.07) is 4.76. The van der Waals surface area contributed by atoms with Gasteiger partial charge in [0.25, 0.3) is 5.91 Å². The van der Waals surface area contributed by atoms with Crippen LogP contribution >= 0.6 is 0 Å². The number of ether oxygens (including phenoxy) is 1. The Hall–Kier alpha value is -2.08. The molecule has 0 fully saturated rings. The molecule has 0 saturated heterocycles. The van der Waals surface area contributed by atoms with Gasteiger partial charge in [-0.2, -0.15) is 0 Å². The van der Waals surface area contributed by atoms with Crippen LogP contribution in [0, 0.1) is 0 Å².